The van der Waals surface area contributed by atoms with Gasteiger partial charge in [0.25, 0.3) is 0 Å². The summed E-state index contributed by atoms with van der Waals surface area (Å²) in [6, 6.07) is 6.20. The van der Waals surface area contributed by atoms with Crippen molar-refractivity contribution < 1.29 is 4.79 Å². The van der Waals surface area contributed by atoms with E-state index in [-0.39, 0.29) is 0 Å². The summed E-state index contributed by atoms with van der Waals surface area (Å²) in [5, 5.41) is 3.47. The highest BCUT2D eigenvalue weighted by atomic mass is 16.1. The minimum absolute atomic E-state index is 0.422. The van der Waals surface area contributed by atoms with E-state index in [0.29, 0.717) is 11.7 Å². The van der Waals surface area contributed by atoms with Gasteiger partial charge >= 0.3 is 0 Å². The molecule has 1 heterocycles. The molecule has 0 bridgehead atoms. The number of aromatic amines is 1. The average molecular weight is 257 g/mol. The van der Waals surface area contributed by atoms with Crippen molar-refractivity contribution in [2.24, 2.45) is 5.92 Å². The van der Waals surface area contributed by atoms with Gasteiger partial charge in [0.05, 0.1) is 11.0 Å². The molecular weight excluding hydrogens is 238 g/mol. The van der Waals surface area contributed by atoms with Crippen molar-refractivity contribution in [1.29, 1.82) is 0 Å². The molecule has 1 aliphatic carbocycles. The molecule has 0 aliphatic heterocycles. The van der Waals surface area contributed by atoms with Crippen molar-refractivity contribution in [2.75, 3.05) is 11.9 Å². The van der Waals surface area contributed by atoms with Gasteiger partial charge in [0.15, 0.2) is 0 Å². The first-order valence-electron chi connectivity index (χ1n) is 6.92. The Morgan fingerprint density at radius 3 is 2.95 bits per heavy atom. The maximum atomic E-state index is 11.2. The quantitative estimate of drug-likeness (QED) is 0.888. The number of aromatic nitrogens is 2. The number of carbonyl (C=O) groups excluding carboxylic acids is 1. The number of Topliss-reactive ketones (excluding diaryl/α,β-unsaturated/α-hetero) is 1. The fourth-order valence-electron chi connectivity index (χ4n) is 2.71. The number of hydrogen-bond donors (Lipinski definition) is 2. The van der Waals surface area contributed by atoms with Gasteiger partial charge in [-0.05, 0) is 43.9 Å². The second-order valence-corrected chi connectivity index (χ2v) is 5.42. The van der Waals surface area contributed by atoms with Crippen LogP contribution in [-0.2, 0) is 4.79 Å². The summed E-state index contributed by atoms with van der Waals surface area (Å²) in [5.74, 6) is 1.99. The first kappa shape index (κ1) is 12.2. The summed E-state index contributed by atoms with van der Waals surface area (Å²) in [4.78, 5) is 18.8. The Morgan fingerprint density at radius 2 is 2.16 bits per heavy atom. The van der Waals surface area contributed by atoms with E-state index in [1.807, 2.05) is 13.0 Å². The lowest BCUT2D eigenvalue weighted by molar-refractivity contribution is -0.120. The molecule has 4 heteroatoms. The number of aryl methyl sites for hydroxylation is 1. The van der Waals surface area contributed by atoms with Crippen LogP contribution in [0.4, 0.5) is 5.69 Å². The van der Waals surface area contributed by atoms with Gasteiger partial charge < -0.3 is 10.3 Å². The standard InChI is InChI=1S/C15H19N3O/c1-10-17-14-7-4-12(8-15(14)18-10)16-9-11-2-5-13(19)6-3-11/h4,7-8,11,16H,2-3,5-6,9H2,1H3,(H,17,18). The molecule has 0 radical (unpaired) electrons. The van der Waals surface area contributed by atoms with E-state index in [0.717, 1.165) is 54.8 Å². The Hall–Kier alpha value is -1.84. The number of fused-ring (bicyclic) bond motifs is 1. The highest BCUT2D eigenvalue weighted by Crippen LogP contribution is 2.23. The van der Waals surface area contributed by atoms with Crippen molar-refractivity contribution in [1.82, 2.24) is 9.97 Å². The molecule has 1 saturated carbocycles. The molecular formula is C15H19N3O. The number of nitrogens with zero attached hydrogens (tertiary/aromatic N) is 1. The van der Waals surface area contributed by atoms with Gasteiger partial charge in [0.2, 0.25) is 0 Å². The molecule has 0 amide bonds. The van der Waals surface area contributed by atoms with E-state index in [1.165, 1.54) is 0 Å². The summed E-state index contributed by atoms with van der Waals surface area (Å²) in [5.41, 5.74) is 3.20. The van der Waals surface area contributed by atoms with Gasteiger partial charge in [0, 0.05) is 25.1 Å². The first-order chi connectivity index (χ1) is 9.20. The van der Waals surface area contributed by atoms with Crippen molar-refractivity contribution in [3.8, 4) is 0 Å². The Morgan fingerprint density at radius 1 is 1.37 bits per heavy atom. The van der Waals surface area contributed by atoms with E-state index in [2.05, 4.69) is 27.4 Å². The van der Waals surface area contributed by atoms with Crippen LogP contribution in [-0.4, -0.2) is 22.3 Å². The number of rotatable bonds is 3. The lowest BCUT2D eigenvalue weighted by Gasteiger charge is -2.21. The summed E-state index contributed by atoms with van der Waals surface area (Å²) < 4.78 is 0. The van der Waals surface area contributed by atoms with Crippen LogP contribution >= 0.6 is 0 Å². The number of nitrogens with one attached hydrogen (secondary N) is 2. The number of H-pyrrole nitrogens is 1. The Labute approximate surface area is 112 Å². The third-order valence-electron chi connectivity index (χ3n) is 3.86. The minimum atomic E-state index is 0.422. The smallest absolute Gasteiger partial charge is 0.132 e. The predicted molar refractivity (Wildman–Crippen MR) is 76.3 cm³/mol. The number of benzene rings is 1. The monoisotopic (exact) mass is 257 g/mol. The third-order valence-corrected chi connectivity index (χ3v) is 3.86. The number of anilines is 1. The van der Waals surface area contributed by atoms with Crippen molar-refractivity contribution in [3.63, 3.8) is 0 Å². The summed E-state index contributed by atoms with van der Waals surface area (Å²) >= 11 is 0. The molecule has 19 heavy (non-hydrogen) atoms. The van der Waals surface area contributed by atoms with Crippen LogP contribution < -0.4 is 5.32 Å². The van der Waals surface area contributed by atoms with Crippen LogP contribution in [0.15, 0.2) is 18.2 Å². The van der Waals surface area contributed by atoms with E-state index >= 15 is 0 Å². The SMILES string of the molecule is Cc1nc2ccc(NCC3CCC(=O)CC3)cc2[nH]1. The minimum Gasteiger partial charge on any atom is -0.385 e. The summed E-state index contributed by atoms with van der Waals surface area (Å²) in [6.45, 7) is 2.91. The zero-order valence-corrected chi connectivity index (χ0v) is 11.2. The fourth-order valence-corrected chi connectivity index (χ4v) is 2.71. The normalized spacial score (nSPS) is 17.0. The van der Waals surface area contributed by atoms with Gasteiger partial charge in [-0.1, -0.05) is 0 Å². The van der Waals surface area contributed by atoms with Gasteiger partial charge in [-0.3, -0.25) is 4.79 Å². The van der Waals surface area contributed by atoms with E-state index in [4.69, 9.17) is 0 Å². The van der Waals surface area contributed by atoms with Crippen LogP contribution in [0.5, 0.6) is 0 Å². The van der Waals surface area contributed by atoms with Crippen LogP contribution in [0.25, 0.3) is 11.0 Å². The topological polar surface area (TPSA) is 57.8 Å². The van der Waals surface area contributed by atoms with Gasteiger partial charge in [-0.25, -0.2) is 4.98 Å². The van der Waals surface area contributed by atoms with Crippen LogP contribution in [0.1, 0.15) is 31.5 Å². The largest absolute Gasteiger partial charge is 0.385 e. The van der Waals surface area contributed by atoms with E-state index < -0.39 is 0 Å². The fraction of sp³-hybridized carbons (Fsp3) is 0.467. The predicted octanol–water partition coefficient (Wildman–Crippen LogP) is 3.04. The Balaban J connectivity index is 1.63. The molecule has 2 N–H and O–H groups in total. The second-order valence-electron chi connectivity index (χ2n) is 5.42. The van der Waals surface area contributed by atoms with E-state index in [9.17, 15) is 4.79 Å². The number of ketones is 1. The molecule has 100 valence electrons. The first-order valence-corrected chi connectivity index (χ1v) is 6.92. The summed E-state index contributed by atoms with van der Waals surface area (Å²) in [6.07, 6.45) is 3.56. The summed E-state index contributed by atoms with van der Waals surface area (Å²) in [7, 11) is 0. The number of carbonyl (C=O) groups is 1. The molecule has 0 spiro atoms. The highest BCUT2D eigenvalue weighted by molar-refractivity contribution is 5.80. The average Bonchev–Trinajstić information content (AvgIpc) is 2.77. The highest BCUT2D eigenvalue weighted by Gasteiger charge is 2.18. The van der Waals surface area contributed by atoms with Gasteiger partial charge in [-0.15, -0.1) is 0 Å². The molecule has 0 saturated heterocycles. The van der Waals surface area contributed by atoms with Gasteiger partial charge in [0.1, 0.15) is 11.6 Å². The molecule has 4 nitrogen and oxygen atoms in total. The van der Waals surface area contributed by atoms with E-state index in [1.54, 1.807) is 0 Å². The molecule has 0 atom stereocenters. The second kappa shape index (κ2) is 5.03. The molecule has 1 aromatic carbocycles. The molecule has 2 aromatic rings. The van der Waals surface area contributed by atoms with Crippen molar-refractivity contribution in [2.45, 2.75) is 32.6 Å². The number of imidazole rings is 1. The Kier molecular flexibility index (Phi) is 3.23. The maximum Gasteiger partial charge on any atom is 0.132 e. The lowest BCUT2D eigenvalue weighted by Crippen LogP contribution is -2.20. The molecule has 0 unspecified atom stereocenters. The van der Waals surface area contributed by atoms with Crippen molar-refractivity contribution >= 4 is 22.5 Å². The molecule has 1 aromatic heterocycles. The lowest BCUT2D eigenvalue weighted by atomic mass is 9.88. The maximum absolute atomic E-state index is 11.2. The zero-order chi connectivity index (χ0) is 13.2. The zero-order valence-electron chi connectivity index (χ0n) is 11.2. The van der Waals surface area contributed by atoms with Crippen LogP contribution in [0.2, 0.25) is 0 Å². The Bertz CT molecular complexity index is 592. The van der Waals surface area contributed by atoms with Crippen molar-refractivity contribution in [3.05, 3.63) is 24.0 Å². The van der Waals surface area contributed by atoms with Gasteiger partial charge in [-0.2, -0.15) is 0 Å². The van der Waals surface area contributed by atoms with Crippen LogP contribution in [0.3, 0.4) is 0 Å². The number of hydrogen-bond acceptors (Lipinski definition) is 3. The molecule has 1 aliphatic rings. The third kappa shape index (κ3) is 2.78. The van der Waals surface area contributed by atoms with Crippen LogP contribution in [0, 0.1) is 12.8 Å². The molecule has 1 fully saturated rings. The molecule has 3 rings (SSSR count).